The summed E-state index contributed by atoms with van der Waals surface area (Å²) in [6.07, 6.45) is 0.608. The maximum atomic E-state index is 8.46. The predicted molar refractivity (Wildman–Crippen MR) is 44.4 cm³/mol. The highest BCUT2D eigenvalue weighted by atomic mass is 16.5. The Balaban J connectivity index is 1.73. The van der Waals surface area contributed by atoms with Crippen molar-refractivity contribution in [1.29, 1.82) is 5.26 Å². The average molecular weight is 166 g/mol. The Kier molecular flexibility index (Phi) is 2.03. The number of rotatable bonds is 3. The van der Waals surface area contributed by atoms with Gasteiger partial charge in [-0.15, -0.1) is 0 Å². The summed E-state index contributed by atoms with van der Waals surface area (Å²) in [4.78, 5) is 0. The van der Waals surface area contributed by atoms with E-state index in [1.54, 1.807) is 0 Å². The van der Waals surface area contributed by atoms with Gasteiger partial charge in [-0.1, -0.05) is 0 Å². The van der Waals surface area contributed by atoms with Crippen molar-refractivity contribution in [1.82, 2.24) is 5.32 Å². The van der Waals surface area contributed by atoms with Crippen LogP contribution in [0.15, 0.2) is 0 Å². The summed E-state index contributed by atoms with van der Waals surface area (Å²) in [6.45, 7) is 3.90. The quantitative estimate of drug-likeness (QED) is 0.665. The van der Waals surface area contributed by atoms with Crippen molar-refractivity contribution in [2.24, 2.45) is 11.8 Å². The number of hydrogen-bond acceptors (Lipinski definition) is 3. The third kappa shape index (κ3) is 1.33. The first kappa shape index (κ1) is 8.03. The van der Waals surface area contributed by atoms with Crippen LogP contribution in [0.2, 0.25) is 0 Å². The summed E-state index contributed by atoms with van der Waals surface area (Å²) in [5, 5.41) is 11.9. The first-order chi connectivity index (χ1) is 5.83. The van der Waals surface area contributed by atoms with Gasteiger partial charge in [-0.3, -0.25) is 0 Å². The van der Waals surface area contributed by atoms with E-state index < -0.39 is 0 Å². The lowest BCUT2D eigenvalue weighted by atomic mass is 10.2. The van der Waals surface area contributed by atoms with E-state index in [1.807, 2.05) is 0 Å². The fraction of sp³-hybridized carbons (Fsp3) is 0.889. The molecule has 2 fully saturated rings. The Morgan fingerprint density at radius 2 is 2.25 bits per heavy atom. The molecule has 1 saturated carbocycles. The lowest BCUT2D eigenvalue weighted by Crippen LogP contribution is -2.31. The first-order valence-electron chi connectivity index (χ1n) is 4.53. The van der Waals surface area contributed by atoms with Gasteiger partial charge in [-0.2, -0.15) is 5.26 Å². The molecule has 3 nitrogen and oxygen atoms in total. The summed E-state index contributed by atoms with van der Waals surface area (Å²) in [5.74, 6) is 1.48. The van der Waals surface area contributed by atoms with Gasteiger partial charge in [0.05, 0.1) is 25.7 Å². The van der Waals surface area contributed by atoms with Crippen molar-refractivity contribution in [2.45, 2.75) is 25.4 Å². The maximum absolute atomic E-state index is 8.46. The van der Waals surface area contributed by atoms with Crippen LogP contribution in [0, 0.1) is 23.2 Å². The van der Waals surface area contributed by atoms with Crippen molar-refractivity contribution < 1.29 is 4.74 Å². The molecule has 1 unspecified atom stereocenters. The minimum absolute atomic E-state index is 0.339. The maximum Gasteiger partial charge on any atom is 0.0638 e. The minimum atomic E-state index is 0.339. The molecule has 0 bridgehead atoms. The number of fused-ring (bicyclic) bond motifs is 1. The van der Waals surface area contributed by atoms with Crippen molar-refractivity contribution in [2.75, 3.05) is 13.2 Å². The number of nitriles is 1. The Morgan fingerprint density at radius 1 is 1.58 bits per heavy atom. The summed E-state index contributed by atoms with van der Waals surface area (Å²) >= 11 is 0. The molecule has 1 N–H and O–H groups in total. The fourth-order valence-electron chi connectivity index (χ4n) is 2.01. The number of hydrogen-bond donors (Lipinski definition) is 1. The van der Waals surface area contributed by atoms with Crippen molar-refractivity contribution >= 4 is 0 Å². The number of nitrogens with zero attached hydrogens (tertiary/aromatic N) is 1. The van der Waals surface area contributed by atoms with Crippen molar-refractivity contribution in [3.8, 4) is 6.07 Å². The minimum Gasteiger partial charge on any atom is -0.381 e. The molecule has 0 aromatic rings. The molecule has 66 valence electrons. The second-order valence-corrected chi connectivity index (χ2v) is 3.82. The highest BCUT2D eigenvalue weighted by molar-refractivity contribution is 5.07. The average Bonchev–Trinajstić information content (AvgIpc) is 2.51. The molecular weight excluding hydrogens is 152 g/mol. The smallest absolute Gasteiger partial charge is 0.0638 e. The second-order valence-electron chi connectivity index (χ2n) is 3.82. The van der Waals surface area contributed by atoms with E-state index >= 15 is 0 Å². The largest absolute Gasteiger partial charge is 0.381 e. The summed E-state index contributed by atoms with van der Waals surface area (Å²) in [5.41, 5.74) is 0. The van der Waals surface area contributed by atoms with Crippen LogP contribution < -0.4 is 5.32 Å². The molecule has 3 atom stereocenters. The molecule has 0 spiro atoms. The van der Waals surface area contributed by atoms with Gasteiger partial charge in [0.25, 0.3) is 0 Å². The molecule has 0 aromatic heterocycles. The second kappa shape index (κ2) is 3.04. The molecule has 1 aliphatic heterocycles. The van der Waals surface area contributed by atoms with Gasteiger partial charge in [-0.05, 0) is 6.92 Å². The third-order valence-corrected chi connectivity index (χ3v) is 2.83. The predicted octanol–water partition coefficient (Wildman–Crippen LogP) is 0.523. The molecule has 2 rings (SSSR count). The van der Waals surface area contributed by atoms with E-state index in [4.69, 9.17) is 10.00 Å². The first-order valence-corrected chi connectivity index (χ1v) is 4.53. The molecule has 3 heteroatoms. The topological polar surface area (TPSA) is 45.0 Å². The van der Waals surface area contributed by atoms with Crippen LogP contribution in [-0.4, -0.2) is 25.3 Å². The van der Waals surface area contributed by atoms with E-state index in [0.717, 1.165) is 25.0 Å². The van der Waals surface area contributed by atoms with Gasteiger partial charge in [0.1, 0.15) is 0 Å². The lowest BCUT2D eigenvalue weighted by molar-refractivity contribution is 0.154. The fourth-order valence-corrected chi connectivity index (χ4v) is 2.01. The summed E-state index contributed by atoms with van der Waals surface area (Å²) < 4.78 is 5.27. The molecule has 1 saturated heterocycles. The van der Waals surface area contributed by atoms with Crippen LogP contribution in [0.1, 0.15) is 13.3 Å². The zero-order valence-electron chi connectivity index (χ0n) is 7.29. The van der Waals surface area contributed by atoms with E-state index in [9.17, 15) is 0 Å². The summed E-state index contributed by atoms with van der Waals surface area (Å²) in [7, 11) is 0. The van der Waals surface area contributed by atoms with Gasteiger partial charge in [0.15, 0.2) is 0 Å². The zero-order valence-corrected chi connectivity index (χ0v) is 7.29. The normalized spacial score (nSPS) is 40.2. The molecule has 1 heterocycles. The van der Waals surface area contributed by atoms with Crippen LogP contribution >= 0.6 is 0 Å². The lowest BCUT2D eigenvalue weighted by Gasteiger charge is -2.11. The Morgan fingerprint density at radius 3 is 2.83 bits per heavy atom. The van der Waals surface area contributed by atoms with Crippen LogP contribution in [0.4, 0.5) is 0 Å². The van der Waals surface area contributed by atoms with E-state index in [2.05, 4.69) is 18.3 Å². The Labute approximate surface area is 72.7 Å². The highest BCUT2D eigenvalue weighted by Gasteiger charge is 2.53. The molecule has 12 heavy (non-hydrogen) atoms. The van der Waals surface area contributed by atoms with Crippen LogP contribution in [-0.2, 0) is 4.74 Å². The zero-order chi connectivity index (χ0) is 8.55. The van der Waals surface area contributed by atoms with E-state index in [-0.39, 0.29) is 0 Å². The monoisotopic (exact) mass is 166 g/mol. The molecule has 1 aliphatic carbocycles. The Bertz CT molecular complexity index is 201. The van der Waals surface area contributed by atoms with Crippen molar-refractivity contribution in [3.63, 3.8) is 0 Å². The third-order valence-electron chi connectivity index (χ3n) is 2.83. The van der Waals surface area contributed by atoms with E-state index in [1.165, 1.54) is 0 Å². The molecule has 0 aromatic carbocycles. The van der Waals surface area contributed by atoms with Crippen LogP contribution in [0.25, 0.3) is 0 Å². The summed E-state index contributed by atoms with van der Waals surface area (Å²) in [6, 6.07) is 3.15. The van der Waals surface area contributed by atoms with Gasteiger partial charge >= 0.3 is 0 Å². The number of nitrogens with one attached hydrogen (secondary N) is 1. The van der Waals surface area contributed by atoms with Crippen LogP contribution in [0.5, 0.6) is 0 Å². The van der Waals surface area contributed by atoms with Gasteiger partial charge in [-0.25, -0.2) is 0 Å². The highest BCUT2D eigenvalue weighted by Crippen LogP contribution is 2.44. The van der Waals surface area contributed by atoms with Crippen molar-refractivity contribution in [3.05, 3.63) is 0 Å². The molecule has 0 amide bonds. The number of ether oxygens (including phenoxy) is 1. The van der Waals surface area contributed by atoms with E-state index in [0.29, 0.717) is 18.5 Å². The Hall–Kier alpha value is -0.590. The molecule has 0 radical (unpaired) electrons. The SMILES string of the molecule is CC(CC#N)NC1[C@H]2COC[C@H]12. The van der Waals surface area contributed by atoms with Crippen LogP contribution in [0.3, 0.4) is 0 Å². The van der Waals surface area contributed by atoms with Gasteiger partial charge in [0.2, 0.25) is 0 Å². The standard InChI is InChI=1S/C9H14N2O/c1-6(2-3-10)11-9-7-4-12-5-8(7)9/h6-9,11H,2,4-5H2,1H3/t6?,7-,8-/m0/s1. The van der Waals surface area contributed by atoms with Gasteiger partial charge in [0, 0.05) is 23.9 Å². The molecule has 2 aliphatic rings. The van der Waals surface area contributed by atoms with Gasteiger partial charge < -0.3 is 10.1 Å². The molecular formula is C9H14N2O.